The summed E-state index contributed by atoms with van der Waals surface area (Å²) in [6.07, 6.45) is 6.68. The van der Waals surface area contributed by atoms with Gasteiger partial charge in [0.15, 0.2) is 0 Å². The Morgan fingerprint density at radius 3 is 2.42 bits per heavy atom. The normalized spacial score (nSPS) is 10.2. The van der Waals surface area contributed by atoms with Crippen LogP contribution in [0.25, 0.3) is 0 Å². The molecule has 4 nitrogen and oxygen atoms in total. The Labute approximate surface area is 115 Å². The summed E-state index contributed by atoms with van der Waals surface area (Å²) in [5, 5.41) is 2.66. The zero-order valence-electron chi connectivity index (χ0n) is 11.7. The third-order valence-electron chi connectivity index (χ3n) is 2.89. The second kappa shape index (κ2) is 9.25. The van der Waals surface area contributed by atoms with Gasteiger partial charge in [0.2, 0.25) is 0 Å². The van der Waals surface area contributed by atoms with Crippen LogP contribution in [0.15, 0.2) is 24.3 Å². The fourth-order valence-corrected chi connectivity index (χ4v) is 1.77. The lowest BCUT2D eigenvalue weighted by Crippen LogP contribution is -2.14. The lowest BCUT2D eigenvalue weighted by molar-refractivity contribution is 0.159. The molecule has 1 amide bonds. The third kappa shape index (κ3) is 7.34. The number of amides is 1. The molecule has 0 atom stereocenters. The molecule has 0 aliphatic carbocycles. The monoisotopic (exact) mass is 264 g/mol. The maximum atomic E-state index is 11.5. The summed E-state index contributed by atoms with van der Waals surface area (Å²) < 4.78 is 5.10. The molecule has 0 radical (unpaired) electrons. The predicted octanol–water partition coefficient (Wildman–Crippen LogP) is 4.18. The predicted molar refractivity (Wildman–Crippen MR) is 79.2 cm³/mol. The van der Waals surface area contributed by atoms with Crippen LogP contribution in [0.3, 0.4) is 0 Å². The Kier molecular flexibility index (Phi) is 7.47. The molecule has 0 aliphatic rings. The van der Waals surface area contributed by atoms with Crippen LogP contribution in [-0.4, -0.2) is 12.7 Å². The van der Waals surface area contributed by atoms with Crippen LogP contribution in [0.1, 0.15) is 45.4 Å². The highest BCUT2D eigenvalue weighted by Crippen LogP contribution is 2.11. The molecule has 0 saturated heterocycles. The lowest BCUT2D eigenvalue weighted by atomic mass is 10.1. The summed E-state index contributed by atoms with van der Waals surface area (Å²) >= 11 is 0. The van der Waals surface area contributed by atoms with Crippen molar-refractivity contribution in [1.29, 1.82) is 0 Å². The van der Waals surface area contributed by atoms with Gasteiger partial charge in [-0.25, -0.2) is 4.79 Å². The van der Waals surface area contributed by atoms with Crippen molar-refractivity contribution in [2.75, 3.05) is 17.7 Å². The average Bonchev–Trinajstić information content (AvgIpc) is 2.40. The van der Waals surface area contributed by atoms with E-state index in [-0.39, 0.29) is 0 Å². The smallest absolute Gasteiger partial charge is 0.411 e. The molecule has 106 valence electrons. The minimum absolute atomic E-state index is 0.404. The van der Waals surface area contributed by atoms with Gasteiger partial charge in [-0.15, -0.1) is 0 Å². The third-order valence-corrected chi connectivity index (χ3v) is 2.89. The quantitative estimate of drug-likeness (QED) is 0.547. The van der Waals surface area contributed by atoms with Gasteiger partial charge >= 0.3 is 6.09 Å². The molecular weight excluding hydrogens is 240 g/mol. The molecule has 0 bridgehead atoms. The fourth-order valence-electron chi connectivity index (χ4n) is 1.77. The topological polar surface area (TPSA) is 64.3 Å². The molecule has 0 aromatic heterocycles. The molecule has 3 N–H and O–H groups in total. The summed E-state index contributed by atoms with van der Waals surface area (Å²) in [5.41, 5.74) is 6.93. The first kappa shape index (κ1) is 15.3. The van der Waals surface area contributed by atoms with Gasteiger partial charge in [-0.05, 0) is 30.7 Å². The Morgan fingerprint density at radius 1 is 1.11 bits per heavy atom. The van der Waals surface area contributed by atoms with Crippen molar-refractivity contribution >= 4 is 17.5 Å². The molecule has 0 heterocycles. The van der Waals surface area contributed by atoms with E-state index in [9.17, 15) is 4.79 Å². The molecule has 1 rings (SSSR count). The summed E-state index contributed by atoms with van der Waals surface area (Å²) in [6, 6.07) is 6.98. The molecule has 0 spiro atoms. The standard InChI is InChI=1S/C15H24N2O2/c1-2-3-4-5-6-7-12-19-15(18)17-14-10-8-13(16)9-11-14/h8-11H,2-7,12,16H2,1H3,(H,17,18). The average molecular weight is 264 g/mol. The van der Waals surface area contributed by atoms with Crippen LogP contribution < -0.4 is 11.1 Å². The number of carbonyl (C=O) groups excluding carboxylic acids is 1. The number of nitrogens with two attached hydrogens (primary N) is 1. The first-order chi connectivity index (χ1) is 9.22. The molecule has 0 unspecified atom stereocenters. The molecule has 0 fully saturated rings. The first-order valence-electron chi connectivity index (χ1n) is 7.01. The Morgan fingerprint density at radius 2 is 1.74 bits per heavy atom. The number of hydrogen-bond acceptors (Lipinski definition) is 3. The van der Waals surface area contributed by atoms with E-state index in [0.717, 1.165) is 12.8 Å². The van der Waals surface area contributed by atoms with E-state index in [4.69, 9.17) is 10.5 Å². The number of unbranched alkanes of at least 4 members (excludes halogenated alkanes) is 5. The van der Waals surface area contributed by atoms with Crippen molar-refractivity contribution in [3.63, 3.8) is 0 Å². The number of hydrogen-bond donors (Lipinski definition) is 2. The highest BCUT2D eigenvalue weighted by atomic mass is 16.5. The SMILES string of the molecule is CCCCCCCCOC(=O)Nc1ccc(N)cc1. The Balaban J connectivity index is 2.06. The zero-order chi connectivity index (χ0) is 13.9. The second-order valence-electron chi connectivity index (χ2n) is 4.65. The van der Waals surface area contributed by atoms with E-state index in [2.05, 4.69) is 12.2 Å². The van der Waals surface area contributed by atoms with Gasteiger partial charge in [0.1, 0.15) is 0 Å². The molecule has 0 saturated carbocycles. The summed E-state index contributed by atoms with van der Waals surface area (Å²) in [7, 11) is 0. The van der Waals surface area contributed by atoms with Crippen LogP contribution in [-0.2, 0) is 4.74 Å². The van der Waals surface area contributed by atoms with E-state index in [1.54, 1.807) is 24.3 Å². The second-order valence-corrected chi connectivity index (χ2v) is 4.65. The number of anilines is 2. The summed E-state index contributed by atoms with van der Waals surface area (Å²) in [4.78, 5) is 11.5. The molecule has 1 aromatic rings. The maximum absolute atomic E-state index is 11.5. The highest BCUT2D eigenvalue weighted by Gasteiger charge is 2.02. The number of ether oxygens (including phenoxy) is 1. The van der Waals surface area contributed by atoms with Crippen molar-refractivity contribution in [1.82, 2.24) is 0 Å². The van der Waals surface area contributed by atoms with Crippen molar-refractivity contribution in [2.24, 2.45) is 0 Å². The number of rotatable bonds is 8. The van der Waals surface area contributed by atoms with Crippen molar-refractivity contribution in [3.8, 4) is 0 Å². The van der Waals surface area contributed by atoms with Gasteiger partial charge in [0, 0.05) is 11.4 Å². The Hall–Kier alpha value is -1.71. The Bertz CT molecular complexity index is 363. The summed E-state index contributed by atoms with van der Waals surface area (Å²) in [6.45, 7) is 2.68. The molecular formula is C15H24N2O2. The van der Waals surface area contributed by atoms with Crippen LogP contribution in [0.4, 0.5) is 16.2 Å². The summed E-state index contributed by atoms with van der Waals surface area (Å²) in [5.74, 6) is 0. The van der Waals surface area contributed by atoms with E-state index >= 15 is 0 Å². The minimum atomic E-state index is -0.404. The van der Waals surface area contributed by atoms with Gasteiger partial charge in [-0.1, -0.05) is 39.0 Å². The van der Waals surface area contributed by atoms with Gasteiger partial charge in [-0.3, -0.25) is 5.32 Å². The largest absolute Gasteiger partial charge is 0.449 e. The number of nitrogen functional groups attached to an aromatic ring is 1. The molecule has 4 heteroatoms. The fraction of sp³-hybridized carbons (Fsp3) is 0.533. The van der Waals surface area contributed by atoms with E-state index in [0.29, 0.717) is 18.0 Å². The van der Waals surface area contributed by atoms with Crippen LogP contribution in [0.2, 0.25) is 0 Å². The van der Waals surface area contributed by atoms with Crippen molar-refractivity contribution in [3.05, 3.63) is 24.3 Å². The van der Waals surface area contributed by atoms with Crippen LogP contribution in [0, 0.1) is 0 Å². The lowest BCUT2D eigenvalue weighted by Gasteiger charge is -2.07. The molecule has 0 aliphatic heterocycles. The molecule has 1 aromatic carbocycles. The minimum Gasteiger partial charge on any atom is -0.449 e. The highest BCUT2D eigenvalue weighted by molar-refractivity contribution is 5.84. The van der Waals surface area contributed by atoms with Gasteiger partial charge in [-0.2, -0.15) is 0 Å². The van der Waals surface area contributed by atoms with Gasteiger partial charge in [0.25, 0.3) is 0 Å². The van der Waals surface area contributed by atoms with Crippen LogP contribution in [0.5, 0.6) is 0 Å². The molecule has 19 heavy (non-hydrogen) atoms. The maximum Gasteiger partial charge on any atom is 0.411 e. The van der Waals surface area contributed by atoms with Crippen molar-refractivity contribution < 1.29 is 9.53 Å². The van der Waals surface area contributed by atoms with Crippen molar-refractivity contribution in [2.45, 2.75) is 45.4 Å². The number of benzene rings is 1. The van der Waals surface area contributed by atoms with E-state index in [1.165, 1.54) is 25.7 Å². The zero-order valence-corrected chi connectivity index (χ0v) is 11.7. The van der Waals surface area contributed by atoms with Gasteiger partial charge < -0.3 is 10.5 Å². The van der Waals surface area contributed by atoms with E-state index < -0.39 is 6.09 Å². The van der Waals surface area contributed by atoms with E-state index in [1.807, 2.05) is 0 Å². The number of nitrogens with one attached hydrogen (secondary N) is 1. The van der Waals surface area contributed by atoms with Gasteiger partial charge in [0.05, 0.1) is 6.61 Å². The first-order valence-corrected chi connectivity index (χ1v) is 7.01. The number of carbonyl (C=O) groups is 1. The van der Waals surface area contributed by atoms with Crippen LogP contribution >= 0.6 is 0 Å².